The van der Waals surface area contributed by atoms with Gasteiger partial charge < -0.3 is 9.64 Å². The number of alkyl halides is 2. The average Bonchev–Trinajstić information content (AvgIpc) is 2.99. The topological polar surface area (TPSA) is 116 Å². The molecule has 1 aliphatic rings. The summed E-state index contributed by atoms with van der Waals surface area (Å²) in [5, 5.41) is 21.4. The van der Waals surface area contributed by atoms with Crippen LogP contribution >= 0.6 is 0 Å². The number of hydrogen-bond acceptors (Lipinski definition) is 6. The molecule has 1 aromatic rings. The van der Waals surface area contributed by atoms with Crippen LogP contribution in [0.2, 0.25) is 0 Å². The van der Waals surface area contributed by atoms with Gasteiger partial charge in [-0.3, -0.25) is 25.0 Å². The number of ether oxygens (including phenoxy) is 1. The van der Waals surface area contributed by atoms with Gasteiger partial charge in [-0.25, -0.2) is 0 Å². The van der Waals surface area contributed by atoms with Crippen molar-refractivity contribution in [2.75, 3.05) is 13.1 Å². The summed E-state index contributed by atoms with van der Waals surface area (Å²) in [5.41, 5.74) is -2.53. The monoisotopic (exact) mass is 349 g/mol. The van der Waals surface area contributed by atoms with E-state index in [2.05, 4.69) is 4.74 Å². The molecule has 1 aromatic carbocycles. The Morgan fingerprint density at radius 2 is 1.67 bits per heavy atom. The smallest absolute Gasteiger partial charge is 0.418 e. The minimum atomic E-state index is -4.47. The number of halogens is 3. The lowest BCUT2D eigenvalue weighted by molar-refractivity contribution is -0.397. The molecule has 0 bridgehead atoms. The molecule has 0 aliphatic carbocycles. The zero-order valence-electron chi connectivity index (χ0n) is 11.9. The highest BCUT2D eigenvalue weighted by molar-refractivity contribution is 5.82. The summed E-state index contributed by atoms with van der Waals surface area (Å²) in [6.07, 6.45) is -3.43. The van der Waals surface area contributed by atoms with Crippen LogP contribution in [0.1, 0.15) is 12.8 Å². The van der Waals surface area contributed by atoms with Gasteiger partial charge in [0, 0.05) is 19.2 Å². The molecule has 0 aromatic heterocycles. The van der Waals surface area contributed by atoms with Crippen molar-refractivity contribution in [3.8, 4) is 5.75 Å². The molecule has 1 aliphatic heterocycles. The first-order valence-electron chi connectivity index (χ1n) is 6.62. The number of carbonyl (C=O) groups excluding carboxylic acids is 1. The Balaban J connectivity index is 2.37. The number of nitro benzene ring substituents is 2. The maximum absolute atomic E-state index is 13.9. The van der Waals surface area contributed by atoms with E-state index >= 15 is 0 Å². The summed E-state index contributed by atoms with van der Waals surface area (Å²) < 4.78 is 45.4. The Kier molecular flexibility index (Phi) is 4.57. The molecule has 0 atom stereocenters. The minimum Gasteiger partial charge on any atom is -0.418 e. The standard InChI is InChI=1S/C12H10F3N3O6/c13-7-5-10(9(18(22)23)6-8(7)17(20)21)24-12(14,15)11(19)16-3-1-2-4-16/h5-6H,1-4H2. The van der Waals surface area contributed by atoms with Gasteiger partial charge in [0.1, 0.15) is 6.07 Å². The summed E-state index contributed by atoms with van der Waals surface area (Å²) in [6, 6.07) is 0.239. The van der Waals surface area contributed by atoms with Crippen LogP contribution in [0.4, 0.5) is 24.5 Å². The number of nitro groups is 2. The van der Waals surface area contributed by atoms with Gasteiger partial charge in [0.25, 0.3) is 0 Å². The van der Waals surface area contributed by atoms with Gasteiger partial charge in [0.15, 0.2) is 0 Å². The normalized spacial score (nSPS) is 14.5. The van der Waals surface area contributed by atoms with Crippen molar-refractivity contribution in [2.24, 2.45) is 0 Å². The van der Waals surface area contributed by atoms with E-state index in [4.69, 9.17) is 0 Å². The molecule has 1 saturated heterocycles. The number of nitrogens with zero attached hydrogens (tertiary/aromatic N) is 3. The Bertz CT molecular complexity index is 706. The quantitative estimate of drug-likeness (QED) is 0.594. The zero-order chi connectivity index (χ0) is 18.1. The minimum absolute atomic E-state index is 0.0779. The molecule has 0 spiro atoms. The Labute approximate surface area is 131 Å². The molecule has 0 unspecified atom stereocenters. The lowest BCUT2D eigenvalue weighted by Crippen LogP contribution is -2.45. The molecule has 9 nitrogen and oxygen atoms in total. The van der Waals surface area contributed by atoms with Gasteiger partial charge >= 0.3 is 23.4 Å². The molecule has 1 heterocycles. The van der Waals surface area contributed by atoms with Crippen molar-refractivity contribution in [1.29, 1.82) is 0 Å². The van der Waals surface area contributed by atoms with Crippen molar-refractivity contribution >= 4 is 17.3 Å². The highest BCUT2D eigenvalue weighted by atomic mass is 19.3. The maximum atomic E-state index is 13.9. The van der Waals surface area contributed by atoms with Gasteiger partial charge in [-0.05, 0) is 12.8 Å². The van der Waals surface area contributed by atoms with Gasteiger partial charge in [0.05, 0.1) is 9.85 Å². The fraction of sp³-hybridized carbons (Fsp3) is 0.417. The predicted octanol–water partition coefficient (Wildman–Crippen LogP) is 2.24. The third-order valence-corrected chi connectivity index (χ3v) is 3.30. The lowest BCUT2D eigenvalue weighted by Gasteiger charge is -2.22. The second kappa shape index (κ2) is 6.29. The fourth-order valence-corrected chi connectivity index (χ4v) is 2.18. The average molecular weight is 349 g/mol. The van der Waals surface area contributed by atoms with Crippen LogP contribution in [0.15, 0.2) is 12.1 Å². The molecular formula is C12H10F3N3O6. The Hall–Kier alpha value is -2.92. The number of likely N-dealkylation sites (tertiary alicyclic amines) is 1. The summed E-state index contributed by atoms with van der Waals surface area (Å²) in [6.45, 7) is 0.156. The Morgan fingerprint density at radius 3 is 2.17 bits per heavy atom. The van der Waals surface area contributed by atoms with Crippen molar-refractivity contribution < 1.29 is 32.5 Å². The largest absolute Gasteiger partial charge is 0.482 e. The molecule has 2 rings (SSSR count). The molecule has 0 radical (unpaired) electrons. The number of hydrogen-bond donors (Lipinski definition) is 0. The lowest BCUT2D eigenvalue weighted by atomic mass is 10.2. The van der Waals surface area contributed by atoms with Crippen molar-refractivity contribution in [2.45, 2.75) is 19.0 Å². The van der Waals surface area contributed by atoms with Crippen molar-refractivity contribution in [3.05, 3.63) is 38.2 Å². The summed E-state index contributed by atoms with van der Waals surface area (Å²) in [5.74, 6) is -4.60. The SMILES string of the molecule is O=C(N1CCCC1)C(F)(F)Oc1cc(F)c([N+](=O)[O-])cc1[N+](=O)[O-]. The first-order chi connectivity index (χ1) is 11.1. The van der Waals surface area contributed by atoms with Crippen molar-refractivity contribution in [1.82, 2.24) is 4.90 Å². The number of benzene rings is 1. The molecule has 1 amide bonds. The van der Waals surface area contributed by atoms with Crippen LogP contribution in [0.5, 0.6) is 5.75 Å². The van der Waals surface area contributed by atoms with Crippen molar-refractivity contribution in [3.63, 3.8) is 0 Å². The van der Waals surface area contributed by atoms with E-state index in [1.54, 1.807) is 0 Å². The molecule has 1 fully saturated rings. The first-order valence-corrected chi connectivity index (χ1v) is 6.62. The molecule has 130 valence electrons. The highest BCUT2D eigenvalue weighted by Gasteiger charge is 2.47. The van der Waals surface area contributed by atoms with Gasteiger partial charge in [0.2, 0.25) is 11.6 Å². The van der Waals surface area contributed by atoms with E-state index in [1.165, 1.54) is 0 Å². The molecule has 24 heavy (non-hydrogen) atoms. The Morgan fingerprint density at radius 1 is 1.12 bits per heavy atom. The van der Waals surface area contributed by atoms with E-state index in [0.29, 0.717) is 12.8 Å². The fourth-order valence-electron chi connectivity index (χ4n) is 2.18. The van der Waals surface area contributed by atoms with Crippen LogP contribution in [-0.4, -0.2) is 39.9 Å². The maximum Gasteiger partial charge on any atom is 0.482 e. The second-order valence-electron chi connectivity index (χ2n) is 4.90. The number of carbonyl (C=O) groups is 1. The summed E-state index contributed by atoms with van der Waals surface area (Å²) in [7, 11) is 0. The second-order valence-corrected chi connectivity index (χ2v) is 4.90. The van der Waals surface area contributed by atoms with Crippen LogP contribution in [-0.2, 0) is 4.79 Å². The van der Waals surface area contributed by atoms with E-state index < -0.39 is 44.8 Å². The van der Waals surface area contributed by atoms with E-state index in [1.807, 2.05) is 0 Å². The van der Waals surface area contributed by atoms with E-state index in [9.17, 15) is 38.2 Å². The van der Waals surface area contributed by atoms with Crippen LogP contribution in [0.3, 0.4) is 0 Å². The van der Waals surface area contributed by atoms with Gasteiger partial charge in [-0.15, -0.1) is 0 Å². The number of rotatable bonds is 5. The molecule has 0 N–H and O–H groups in total. The molecular weight excluding hydrogens is 339 g/mol. The predicted molar refractivity (Wildman–Crippen MR) is 71.1 cm³/mol. The number of amides is 1. The van der Waals surface area contributed by atoms with Gasteiger partial charge in [-0.1, -0.05) is 0 Å². The first kappa shape index (κ1) is 17.4. The third kappa shape index (κ3) is 3.36. The van der Waals surface area contributed by atoms with E-state index in [0.717, 1.165) is 4.90 Å². The summed E-state index contributed by atoms with van der Waals surface area (Å²) in [4.78, 5) is 31.4. The van der Waals surface area contributed by atoms with Gasteiger partial charge in [-0.2, -0.15) is 13.2 Å². The van der Waals surface area contributed by atoms with E-state index in [-0.39, 0.29) is 25.2 Å². The third-order valence-electron chi connectivity index (χ3n) is 3.30. The van der Waals surface area contributed by atoms with Crippen LogP contribution in [0, 0.1) is 26.0 Å². The summed E-state index contributed by atoms with van der Waals surface area (Å²) >= 11 is 0. The molecule has 12 heteroatoms. The zero-order valence-corrected chi connectivity index (χ0v) is 11.9. The highest BCUT2D eigenvalue weighted by Crippen LogP contribution is 2.37. The molecule has 0 saturated carbocycles. The van der Waals surface area contributed by atoms with Crippen LogP contribution in [0.25, 0.3) is 0 Å². The van der Waals surface area contributed by atoms with Crippen LogP contribution < -0.4 is 4.74 Å².